The van der Waals surface area contributed by atoms with Gasteiger partial charge in [0.25, 0.3) is 0 Å². The Balaban J connectivity index is 0.00000256. The predicted octanol–water partition coefficient (Wildman–Crippen LogP) is 3.46. The van der Waals surface area contributed by atoms with Crippen molar-refractivity contribution in [3.63, 3.8) is 0 Å². The number of aliphatic imine (C=N–C) groups is 1. The van der Waals surface area contributed by atoms with Crippen LogP contribution in [0.3, 0.4) is 0 Å². The van der Waals surface area contributed by atoms with Gasteiger partial charge in [-0.2, -0.15) is 0 Å². The summed E-state index contributed by atoms with van der Waals surface area (Å²) in [5.41, 5.74) is 2.44. The van der Waals surface area contributed by atoms with Crippen molar-refractivity contribution in [1.29, 1.82) is 0 Å². The molecule has 0 saturated carbocycles. The van der Waals surface area contributed by atoms with E-state index in [1.54, 1.807) is 25.8 Å². The third-order valence-electron chi connectivity index (χ3n) is 5.34. The number of nitrogens with zero attached hydrogens (tertiary/aromatic N) is 5. The fourth-order valence-corrected chi connectivity index (χ4v) is 3.79. The average molecular weight is 518 g/mol. The van der Waals surface area contributed by atoms with Crippen LogP contribution in [-0.4, -0.2) is 52.6 Å². The smallest absolute Gasteiger partial charge is 0.193 e. The van der Waals surface area contributed by atoms with Gasteiger partial charge in [0.05, 0.1) is 7.11 Å². The Bertz CT molecular complexity index is 958. The molecule has 8 heteroatoms. The molecule has 30 heavy (non-hydrogen) atoms. The maximum atomic E-state index is 5.27. The highest BCUT2D eigenvalue weighted by atomic mass is 127. The van der Waals surface area contributed by atoms with Crippen molar-refractivity contribution >= 4 is 29.9 Å². The number of methoxy groups -OCH3 is 1. The highest BCUT2D eigenvalue weighted by molar-refractivity contribution is 14.0. The van der Waals surface area contributed by atoms with Crippen molar-refractivity contribution in [3.8, 4) is 11.6 Å². The SMILES string of the molecule is CN=C(NCc1cccnc1-n1ccnc1)N1CCC(c2ccc(OC)cc2)C1.I. The zero-order valence-corrected chi connectivity index (χ0v) is 19.6. The molecule has 7 nitrogen and oxygen atoms in total. The molecule has 1 N–H and O–H groups in total. The monoisotopic (exact) mass is 518 g/mol. The lowest BCUT2D eigenvalue weighted by molar-refractivity contribution is 0.414. The minimum atomic E-state index is 0. The molecule has 3 aromatic rings. The number of guanidine groups is 1. The summed E-state index contributed by atoms with van der Waals surface area (Å²) in [6.07, 6.45) is 8.34. The molecule has 3 heterocycles. The second-order valence-electron chi connectivity index (χ2n) is 7.06. The molecule has 0 aliphatic carbocycles. The molecule has 1 aliphatic heterocycles. The molecule has 2 aromatic heterocycles. The summed E-state index contributed by atoms with van der Waals surface area (Å²) in [4.78, 5) is 15.5. The van der Waals surface area contributed by atoms with Crippen LogP contribution in [0.1, 0.15) is 23.5 Å². The molecular weight excluding hydrogens is 491 g/mol. The quantitative estimate of drug-likeness (QED) is 0.319. The lowest BCUT2D eigenvalue weighted by Crippen LogP contribution is -2.39. The number of benzene rings is 1. The van der Waals surface area contributed by atoms with Crippen LogP contribution >= 0.6 is 24.0 Å². The minimum absolute atomic E-state index is 0. The summed E-state index contributed by atoms with van der Waals surface area (Å²) in [5.74, 6) is 3.19. The van der Waals surface area contributed by atoms with Crippen LogP contribution in [-0.2, 0) is 6.54 Å². The highest BCUT2D eigenvalue weighted by Crippen LogP contribution is 2.28. The Morgan fingerprint density at radius 2 is 2.07 bits per heavy atom. The molecule has 0 spiro atoms. The zero-order valence-electron chi connectivity index (χ0n) is 17.2. The number of halogens is 1. The summed E-state index contributed by atoms with van der Waals surface area (Å²) in [5, 5.41) is 3.50. The van der Waals surface area contributed by atoms with E-state index in [2.05, 4.69) is 43.4 Å². The number of nitrogens with one attached hydrogen (secondary N) is 1. The molecular formula is C22H27IN6O. The average Bonchev–Trinajstić information content (AvgIpc) is 3.47. The summed E-state index contributed by atoms with van der Waals surface area (Å²) in [6, 6.07) is 12.4. The van der Waals surface area contributed by atoms with Crippen molar-refractivity contribution in [2.24, 2.45) is 4.99 Å². The van der Waals surface area contributed by atoms with Gasteiger partial charge in [-0.15, -0.1) is 24.0 Å². The van der Waals surface area contributed by atoms with Gasteiger partial charge < -0.3 is 15.0 Å². The van der Waals surface area contributed by atoms with Crippen LogP contribution in [0.5, 0.6) is 5.75 Å². The van der Waals surface area contributed by atoms with Gasteiger partial charge in [0.15, 0.2) is 5.96 Å². The third-order valence-corrected chi connectivity index (χ3v) is 5.34. The molecule has 1 aliphatic rings. The van der Waals surface area contributed by atoms with Gasteiger partial charge >= 0.3 is 0 Å². The molecule has 0 radical (unpaired) electrons. The molecule has 0 bridgehead atoms. The first-order valence-corrected chi connectivity index (χ1v) is 9.80. The van der Waals surface area contributed by atoms with Crippen molar-refractivity contribution in [1.82, 2.24) is 24.8 Å². The highest BCUT2D eigenvalue weighted by Gasteiger charge is 2.26. The van der Waals surface area contributed by atoms with Crippen LogP contribution in [0.25, 0.3) is 5.82 Å². The van der Waals surface area contributed by atoms with Crippen molar-refractivity contribution in [2.45, 2.75) is 18.9 Å². The number of ether oxygens (including phenoxy) is 1. The normalized spacial score (nSPS) is 16.3. The van der Waals surface area contributed by atoms with Crippen molar-refractivity contribution in [2.75, 3.05) is 27.2 Å². The van der Waals surface area contributed by atoms with E-state index in [4.69, 9.17) is 4.74 Å². The third kappa shape index (κ3) is 4.92. The second-order valence-corrected chi connectivity index (χ2v) is 7.06. The van der Waals surface area contributed by atoms with E-state index in [-0.39, 0.29) is 24.0 Å². The van der Waals surface area contributed by atoms with E-state index in [0.29, 0.717) is 12.5 Å². The van der Waals surface area contributed by atoms with E-state index in [1.807, 2.05) is 36.0 Å². The molecule has 1 aromatic carbocycles. The van der Waals surface area contributed by atoms with Crippen LogP contribution in [0.4, 0.5) is 0 Å². The van der Waals surface area contributed by atoms with Crippen LogP contribution in [0, 0.1) is 0 Å². The van der Waals surface area contributed by atoms with E-state index < -0.39 is 0 Å². The van der Waals surface area contributed by atoms with E-state index >= 15 is 0 Å². The Morgan fingerprint density at radius 1 is 1.23 bits per heavy atom. The fraction of sp³-hybridized carbons (Fsp3) is 0.318. The summed E-state index contributed by atoms with van der Waals surface area (Å²) in [6.45, 7) is 2.59. The maximum Gasteiger partial charge on any atom is 0.193 e. The largest absolute Gasteiger partial charge is 0.497 e. The minimum Gasteiger partial charge on any atom is -0.497 e. The molecule has 0 amide bonds. The number of imidazole rings is 1. The number of rotatable bonds is 5. The van der Waals surface area contributed by atoms with Gasteiger partial charge in [-0.25, -0.2) is 9.97 Å². The van der Waals surface area contributed by atoms with Gasteiger partial charge in [0.1, 0.15) is 17.9 Å². The van der Waals surface area contributed by atoms with E-state index in [9.17, 15) is 0 Å². The van der Waals surface area contributed by atoms with E-state index in [0.717, 1.165) is 42.6 Å². The Hall–Kier alpha value is -2.62. The molecule has 1 fully saturated rings. The Morgan fingerprint density at radius 3 is 2.77 bits per heavy atom. The van der Waals surface area contributed by atoms with Crippen molar-refractivity contribution < 1.29 is 4.74 Å². The van der Waals surface area contributed by atoms with E-state index in [1.165, 1.54) is 5.56 Å². The lowest BCUT2D eigenvalue weighted by Gasteiger charge is -2.22. The first-order chi connectivity index (χ1) is 14.3. The number of hydrogen-bond donors (Lipinski definition) is 1. The fourth-order valence-electron chi connectivity index (χ4n) is 3.79. The van der Waals surface area contributed by atoms with Crippen LogP contribution < -0.4 is 10.1 Å². The van der Waals surface area contributed by atoms with Gasteiger partial charge in [-0.05, 0) is 30.2 Å². The molecule has 4 rings (SSSR count). The first kappa shape index (κ1) is 22.1. The standard InChI is InChI=1S/C22H26N6O.HI/c1-23-22(26-14-18-4-3-10-25-21(18)28-13-11-24-16-28)27-12-9-19(15-27)17-5-7-20(29-2)8-6-17;/h3-8,10-11,13,16,19H,9,12,14-15H2,1-2H3,(H,23,26);1H. The zero-order chi connectivity index (χ0) is 20.1. The second kappa shape index (κ2) is 10.4. The Labute approximate surface area is 194 Å². The van der Waals surface area contributed by atoms with Crippen molar-refractivity contribution in [3.05, 3.63) is 72.4 Å². The number of pyridine rings is 1. The Kier molecular flexibility index (Phi) is 7.67. The maximum absolute atomic E-state index is 5.27. The van der Waals surface area contributed by atoms with Gasteiger partial charge in [-0.1, -0.05) is 18.2 Å². The first-order valence-electron chi connectivity index (χ1n) is 9.80. The predicted molar refractivity (Wildman–Crippen MR) is 129 cm³/mol. The van der Waals surface area contributed by atoms with Gasteiger partial charge in [0, 0.05) is 56.8 Å². The summed E-state index contributed by atoms with van der Waals surface area (Å²) in [7, 11) is 3.53. The molecule has 158 valence electrons. The topological polar surface area (TPSA) is 67.6 Å². The molecule has 1 saturated heterocycles. The van der Waals surface area contributed by atoms with Gasteiger partial charge in [0.2, 0.25) is 0 Å². The number of likely N-dealkylation sites (tertiary alicyclic amines) is 1. The van der Waals surface area contributed by atoms with Crippen LogP contribution in [0.15, 0.2) is 66.3 Å². The van der Waals surface area contributed by atoms with Gasteiger partial charge in [-0.3, -0.25) is 9.56 Å². The molecule has 1 unspecified atom stereocenters. The molecule has 1 atom stereocenters. The summed E-state index contributed by atoms with van der Waals surface area (Å²) >= 11 is 0. The number of hydrogen-bond acceptors (Lipinski definition) is 4. The van der Waals surface area contributed by atoms with Crippen LogP contribution in [0.2, 0.25) is 0 Å². The lowest BCUT2D eigenvalue weighted by atomic mass is 9.98. The summed E-state index contributed by atoms with van der Waals surface area (Å²) < 4.78 is 7.19. The number of aromatic nitrogens is 3.